The van der Waals surface area contributed by atoms with Crippen LogP contribution in [0.25, 0.3) is 0 Å². The molecule has 1 aliphatic rings. The monoisotopic (exact) mass is 387 g/mol. The largest absolute Gasteiger partial charge is 0.388 e. The molecule has 3 nitrogen and oxygen atoms in total. The molecule has 1 aromatic heterocycles. The zero-order chi connectivity index (χ0) is 15.2. The summed E-state index contributed by atoms with van der Waals surface area (Å²) in [5, 5.41) is 10.5. The van der Waals surface area contributed by atoms with Crippen molar-refractivity contribution in [1.82, 2.24) is 4.98 Å². The quantitative estimate of drug-likeness (QED) is 0.616. The number of rotatable bonds is 2. The number of hydrogen-bond donors (Lipinski definition) is 1. The van der Waals surface area contributed by atoms with E-state index in [0.717, 1.165) is 33.4 Å². The van der Waals surface area contributed by atoms with Crippen molar-refractivity contribution in [3.8, 4) is 0 Å². The number of aliphatic hydroxyl groups excluding tert-OH is 1. The summed E-state index contributed by atoms with van der Waals surface area (Å²) in [6.45, 7) is 10.0. The van der Waals surface area contributed by atoms with Gasteiger partial charge in [-0.15, -0.1) is 0 Å². The molecule has 1 N–H and O–H groups in total. The molecule has 0 aromatic carbocycles. The SMILES string of the molecule is CC(=O)c1c(C(C)C)nc2c(c1I)[C@@H](O)CC(C)(C)C2. The molecule has 4 heteroatoms. The van der Waals surface area contributed by atoms with Crippen LogP contribution in [0, 0.1) is 8.99 Å². The predicted octanol–water partition coefficient (Wildman–Crippen LogP) is 4.02. The summed E-state index contributed by atoms with van der Waals surface area (Å²) < 4.78 is 0.895. The number of Topliss-reactive ketones (excluding diaryl/α,β-unsaturated/α-hetero) is 1. The van der Waals surface area contributed by atoms with Crippen LogP contribution < -0.4 is 0 Å². The summed E-state index contributed by atoms with van der Waals surface area (Å²) in [5.41, 5.74) is 3.45. The minimum atomic E-state index is -0.521. The lowest BCUT2D eigenvalue weighted by Crippen LogP contribution is -2.29. The maximum Gasteiger partial charge on any atom is 0.162 e. The molecule has 0 fully saturated rings. The summed E-state index contributed by atoms with van der Waals surface area (Å²) >= 11 is 2.20. The Labute approximate surface area is 134 Å². The van der Waals surface area contributed by atoms with Gasteiger partial charge in [0.15, 0.2) is 5.78 Å². The molecule has 0 radical (unpaired) electrons. The molecule has 0 amide bonds. The van der Waals surface area contributed by atoms with Crippen molar-refractivity contribution in [2.45, 2.75) is 59.5 Å². The second-order valence-electron chi connectivity index (χ2n) is 6.82. The summed E-state index contributed by atoms with van der Waals surface area (Å²) in [6.07, 6.45) is 1.05. The molecular formula is C16H22INO2. The highest BCUT2D eigenvalue weighted by Gasteiger charge is 2.35. The van der Waals surface area contributed by atoms with Crippen LogP contribution in [-0.2, 0) is 6.42 Å². The molecule has 0 unspecified atom stereocenters. The number of carbonyl (C=O) groups is 1. The average molecular weight is 387 g/mol. The van der Waals surface area contributed by atoms with Crippen molar-refractivity contribution in [3.05, 3.63) is 26.1 Å². The molecule has 110 valence electrons. The van der Waals surface area contributed by atoms with Gasteiger partial charge in [-0.1, -0.05) is 27.7 Å². The zero-order valence-electron chi connectivity index (χ0n) is 12.7. The third-order valence-electron chi connectivity index (χ3n) is 3.90. The number of hydrogen-bond acceptors (Lipinski definition) is 3. The first-order chi connectivity index (χ1) is 9.14. The summed E-state index contributed by atoms with van der Waals surface area (Å²) in [5.74, 6) is 0.236. The first-order valence-corrected chi connectivity index (χ1v) is 8.13. The lowest BCUT2D eigenvalue weighted by atomic mass is 9.74. The summed E-state index contributed by atoms with van der Waals surface area (Å²) in [7, 11) is 0. The topological polar surface area (TPSA) is 50.2 Å². The van der Waals surface area contributed by atoms with Gasteiger partial charge in [0.05, 0.1) is 17.4 Å². The molecule has 1 heterocycles. The van der Waals surface area contributed by atoms with Crippen molar-refractivity contribution in [3.63, 3.8) is 0 Å². The Kier molecular flexibility index (Phi) is 4.27. The maximum absolute atomic E-state index is 12.0. The van der Waals surface area contributed by atoms with Crippen LogP contribution in [0.15, 0.2) is 0 Å². The maximum atomic E-state index is 12.0. The molecule has 0 saturated heterocycles. The first kappa shape index (κ1) is 15.9. The standard InChI is InChI=1S/C16H22INO2/c1-8(2)15-12(9(3)19)14(17)13-10(18-15)6-16(4,5)7-11(13)20/h8,11,20H,6-7H2,1-5H3/t11-/m0/s1. The number of nitrogens with zero attached hydrogens (tertiary/aromatic N) is 1. The van der Waals surface area contributed by atoms with Crippen LogP contribution >= 0.6 is 22.6 Å². The van der Waals surface area contributed by atoms with Crippen LogP contribution in [0.4, 0.5) is 0 Å². The molecule has 0 aliphatic heterocycles. The minimum absolute atomic E-state index is 0.0328. The van der Waals surface area contributed by atoms with Gasteiger partial charge in [-0.3, -0.25) is 9.78 Å². The second kappa shape index (κ2) is 5.37. The van der Waals surface area contributed by atoms with E-state index in [-0.39, 0.29) is 17.1 Å². The van der Waals surface area contributed by atoms with E-state index in [4.69, 9.17) is 4.98 Å². The van der Waals surface area contributed by atoms with Crippen LogP contribution in [0.1, 0.15) is 80.4 Å². The molecule has 1 aliphatic carbocycles. The fourth-order valence-electron chi connectivity index (χ4n) is 3.01. The highest BCUT2D eigenvalue weighted by molar-refractivity contribution is 14.1. The number of carbonyl (C=O) groups excluding carboxylic acids is 1. The first-order valence-electron chi connectivity index (χ1n) is 7.05. The highest BCUT2D eigenvalue weighted by Crippen LogP contribution is 2.43. The number of aliphatic hydroxyl groups is 1. The van der Waals surface area contributed by atoms with E-state index in [0.29, 0.717) is 5.56 Å². The molecule has 0 saturated carbocycles. The number of ketones is 1. The lowest BCUT2D eigenvalue weighted by molar-refractivity contribution is 0.0961. The van der Waals surface area contributed by atoms with Gasteiger partial charge in [-0.05, 0) is 53.7 Å². The summed E-state index contributed by atoms with van der Waals surface area (Å²) in [6, 6.07) is 0. The molecule has 0 bridgehead atoms. The fraction of sp³-hybridized carbons (Fsp3) is 0.625. The zero-order valence-corrected chi connectivity index (χ0v) is 14.9. The Morgan fingerprint density at radius 3 is 2.55 bits per heavy atom. The van der Waals surface area contributed by atoms with Crippen molar-refractivity contribution < 1.29 is 9.90 Å². The van der Waals surface area contributed by atoms with Gasteiger partial charge in [0.25, 0.3) is 0 Å². The third-order valence-corrected chi connectivity index (χ3v) is 5.02. The molecule has 20 heavy (non-hydrogen) atoms. The van der Waals surface area contributed by atoms with E-state index >= 15 is 0 Å². The van der Waals surface area contributed by atoms with E-state index in [1.54, 1.807) is 6.92 Å². The lowest BCUT2D eigenvalue weighted by Gasteiger charge is -2.35. The third kappa shape index (κ3) is 2.77. The Bertz CT molecular complexity index is 564. The Balaban J connectivity index is 2.72. The van der Waals surface area contributed by atoms with E-state index in [2.05, 4.69) is 50.3 Å². The van der Waals surface area contributed by atoms with Gasteiger partial charge >= 0.3 is 0 Å². The molecule has 2 rings (SSSR count). The van der Waals surface area contributed by atoms with Crippen LogP contribution in [0.3, 0.4) is 0 Å². The minimum Gasteiger partial charge on any atom is -0.388 e. The van der Waals surface area contributed by atoms with Gasteiger partial charge in [0.2, 0.25) is 0 Å². The fourth-order valence-corrected chi connectivity index (χ4v) is 4.34. The van der Waals surface area contributed by atoms with Gasteiger partial charge in [0, 0.05) is 14.8 Å². The van der Waals surface area contributed by atoms with Gasteiger partial charge in [0.1, 0.15) is 0 Å². The normalized spacial score (nSPS) is 20.9. The van der Waals surface area contributed by atoms with E-state index in [1.165, 1.54) is 0 Å². The van der Waals surface area contributed by atoms with Crippen molar-refractivity contribution >= 4 is 28.4 Å². The Morgan fingerprint density at radius 1 is 1.45 bits per heavy atom. The molecule has 1 aromatic rings. The van der Waals surface area contributed by atoms with E-state index < -0.39 is 6.10 Å². The number of fused-ring (bicyclic) bond motifs is 1. The highest BCUT2D eigenvalue weighted by atomic mass is 127. The Hall–Kier alpha value is -0.490. The smallest absolute Gasteiger partial charge is 0.162 e. The number of halogens is 1. The second-order valence-corrected chi connectivity index (χ2v) is 7.90. The number of aromatic nitrogens is 1. The van der Waals surface area contributed by atoms with Crippen molar-refractivity contribution in [1.29, 1.82) is 0 Å². The van der Waals surface area contributed by atoms with Gasteiger partial charge in [-0.2, -0.15) is 0 Å². The van der Waals surface area contributed by atoms with Crippen LogP contribution in [0.5, 0.6) is 0 Å². The van der Waals surface area contributed by atoms with E-state index in [9.17, 15) is 9.90 Å². The molecular weight excluding hydrogens is 365 g/mol. The Morgan fingerprint density at radius 2 is 2.05 bits per heavy atom. The number of pyridine rings is 1. The average Bonchev–Trinajstić information content (AvgIpc) is 2.24. The van der Waals surface area contributed by atoms with Crippen LogP contribution in [0.2, 0.25) is 0 Å². The van der Waals surface area contributed by atoms with Crippen molar-refractivity contribution in [2.24, 2.45) is 5.41 Å². The van der Waals surface area contributed by atoms with Crippen LogP contribution in [-0.4, -0.2) is 15.9 Å². The van der Waals surface area contributed by atoms with Crippen molar-refractivity contribution in [2.75, 3.05) is 0 Å². The summed E-state index contributed by atoms with van der Waals surface area (Å²) in [4.78, 5) is 16.7. The van der Waals surface area contributed by atoms with Gasteiger partial charge in [-0.25, -0.2) is 0 Å². The van der Waals surface area contributed by atoms with E-state index in [1.807, 2.05) is 0 Å². The molecule has 1 atom stereocenters. The van der Waals surface area contributed by atoms with Gasteiger partial charge < -0.3 is 5.11 Å². The molecule has 0 spiro atoms. The predicted molar refractivity (Wildman–Crippen MR) is 88.1 cm³/mol.